The second-order valence-electron chi connectivity index (χ2n) is 6.40. The van der Waals surface area contributed by atoms with Crippen molar-refractivity contribution in [2.45, 2.75) is 45.1 Å². The topological polar surface area (TPSA) is 61.4 Å². The van der Waals surface area contributed by atoms with E-state index < -0.39 is 0 Å². The fraction of sp³-hybridized carbons (Fsp3) is 0.556. The lowest BCUT2D eigenvalue weighted by atomic mass is 9.98. The van der Waals surface area contributed by atoms with Crippen LogP contribution >= 0.6 is 12.4 Å². The number of piperidine rings is 1. The fourth-order valence-corrected chi connectivity index (χ4v) is 3.49. The van der Waals surface area contributed by atoms with Crippen LogP contribution in [0.15, 0.2) is 18.2 Å². The highest BCUT2D eigenvalue weighted by atomic mass is 35.5. The van der Waals surface area contributed by atoms with Gasteiger partial charge in [0.15, 0.2) is 0 Å². The molecule has 0 saturated carbocycles. The number of nitrogens with zero attached hydrogens (tertiary/aromatic N) is 1. The summed E-state index contributed by atoms with van der Waals surface area (Å²) >= 11 is 0. The SMILES string of the molecule is CCCN(C(=O)c1ccc2c(c1)CCC(=O)N2)C1CCNCC1.Cl. The first-order valence-corrected chi connectivity index (χ1v) is 8.63. The van der Waals surface area contributed by atoms with E-state index >= 15 is 0 Å². The second-order valence-corrected chi connectivity index (χ2v) is 6.40. The molecule has 6 heteroatoms. The average molecular weight is 352 g/mol. The molecule has 24 heavy (non-hydrogen) atoms. The van der Waals surface area contributed by atoms with Gasteiger partial charge in [-0.3, -0.25) is 9.59 Å². The van der Waals surface area contributed by atoms with Gasteiger partial charge in [-0.15, -0.1) is 12.4 Å². The minimum Gasteiger partial charge on any atom is -0.336 e. The Labute approximate surface area is 149 Å². The normalized spacial score (nSPS) is 17.5. The minimum atomic E-state index is 0. The summed E-state index contributed by atoms with van der Waals surface area (Å²) in [5.41, 5.74) is 2.66. The van der Waals surface area contributed by atoms with Crippen molar-refractivity contribution in [2.24, 2.45) is 0 Å². The second kappa shape index (κ2) is 8.49. The molecule has 2 aliphatic heterocycles. The number of benzene rings is 1. The summed E-state index contributed by atoms with van der Waals surface area (Å²) in [6, 6.07) is 6.00. The van der Waals surface area contributed by atoms with Crippen molar-refractivity contribution in [1.82, 2.24) is 10.2 Å². The summed E-state index contributed by atoms with van der Waals surface area (Å²) in [7, 11) is 0. The van der Waals surface area contributed by atoms with E-state index in [2.05, 4.69) is 17.6 Å². The van der Waals surface area contributed by atoms with Crippen LogP contribution < -0.4 is 10.6 Å². The Morgan fingerprint density at radius 2 is 2.00 bits per heavy atom. The van der Waals surface area contributed by atoms with Crippen molar-refractivity contribution >= 4 is 29.9 Å². The third-order valence-corrected chi connectivity index (χ3v) is 4.72. The van der Waals surface area contributed by atoms with Gasteiger partial charge in [0, 0.05) is 30.3 Å². The molecule has 0 bridgehead atoms. The molecular weight excluding hydrogens is 326 g/mol. The molecule has 2 amide bonds. The molecule has 0 aromatic heterocycles. The van der Waals surface area contributed by atoms with Gasteiger partial charge < -0.3 is 15.5 Å². The van der Waals surface area contributed by atoms with Crippen molar-refractivity contribution in [1.29, 1.82) is 0 Å². The Kier molecular flexibility index (Phi) is 6.63. The number of carbonyl (C=O) groups is 2. The molecule has 132 valence electrons. The molecule has 2 heterocycles. The van der Waals surface area contributed by atoms with Crippen molar-refractivity contribution in [3.8, 4) is 0 Å². The standard InChI is InChI=1S/C18H25N3O2.ClH/c1-2-11-21(15-7-9-19-10-8-15)18(23)14-3-5-16-13(12-14)4-6-17(22)20-16;/h3,5,12,15,19H,2,4,6-11H2,1H3,(H,20,22);1H. The number of carbonyl (C=O) groups excluding carboxylic acids is 2. The first kappa shape index (κ1) is 18.7. The summed E-state index contributed by atoms with van der Waals surface area (Å²) in [4.78, 5) is 26.5. The maximum Gasteiger partial charge on any atom is 0.254 e. The average Bonchev–Trinajstić information content (AvgIpc) is 2.59. The van der Waals surface area contributed by atoms with Crippen LogP contribution in [0.25, 0.3) is 0 Å². The molecule has 2 aliphatic rings. The lowest BCUT2D eigenvalue weighted by Crippen LogP contribution is -2.46. The van der Waals surface area contributed by atoms with Crippen LogP contribution in [-0.4, -0.2) is 42.4 Å². The highest BCUT2D eigenvalue weighted by Gasteiger charge is 2.26. The largest absolute Gasteiger partial charge is 0.336 e. The smallest absolute Gasteiger partial charge is 0.254 e. The van der Waals surface area contributed by atoms with Gasteiger partial charge in [-0.2, -0.15) is 0 Å². The lowest BCUT2D eigenvalue weighted by Gasteiger charge is -2.35. The number of hydrogen-bond donors (Lipinski definition) is 2. The zero-order chi connectivity index (χ0) is 16.2. The fourth-order valence-electron chi connectivity index (χ4n) is 3.49. The third-order valence-electron chi connectivity index (χ3n) is 4.72. The lowest BCUT2D eigenvalue weighted by molar-refractivity contribution is -0.116. The summed E-state index contributed by atoms with van der Waals surface area (Å²) in [6.07, 6.45) is 4.22. The molecule has 3 rings (SSSR count). The maximum atomic E-state index is 13.0. The van der Waals surface area contributed by atoms with Gasteiger partial charge in [-0.05, 0) is 62.5 Å². The van der Waals surface area contributed by atoms with Crippen molar-refractivity contribution in [3.63, 3.8) is 0 Å². The first-order valence-electron chi connectivity index (χ1n) is 8.63. The Morgan fingerprint density at radius 1 is 1.25 bits per heavy atom. The molecule has 0 unspecified atom stereocenters. The van der Waals surface area contributed by atoms with Gasteiger partial charge in [0.1, 0.15) is 0 Å². The molecule has 1 aromatic rings. The van der Waals surface area contributed by atoms with E-state index in [1.807, 2.05) is 23.1 Å². The summed E-state index contributed by atoms with van der Waals surface area (Å²) in [5.74, 6) is 0.178. The predicted octanol–water partition coefficient (Wildman–Crippen LogP) is 2.60. The van der Waals surface area contributed by atoms with Gasteiger partial charge in [-0.1, -0.05) is 6.92 Å². The number of amides is 2. The highest BCUT2D eigenvalue weighted by Crippen LogP contribution is 2.25. The minimum absolute atomic E-state index is 0. The van der Waals surface area contributed by atoms with Crippen molar-refractivity contribution in [3.05, 3.63) is 29.3 Å². The van der Waals surface area contributed by atoms with E-state index in [0.29, 0.717) is 18.9 Å². The van der Waals surface area contributed by atoms with Gasteiger partial charge >= 0.3 is 0 Å². The molecule has 0 atom stereocenters. The number of rotatable bonds is 4. The van der Waals surface area contributed by atoms with E-state index in [-0.39, 0.29) is 24.2 Å². The zero-order valence-corrected chi connectivity index (χ0v) is 15.0. The first-order chi connectivity index (χ1) is 11.2. The van der Waals surface area contributed by atoms with Gasteiger partial charge in [0.2, 0.25) is 5.91 Å². The van der Waals surface area contributed by atoms with E-state index in [9.17, 15) is 9.59 Å². The molecule has 0 aliphatic carbocycles. The number of halogens is 1. The number of fused-ring (bicyclic) bond motifs is 1. The Morgan fingerprint density at radius 3 is 2.71 bits per heavy atom. The molecule has 1 fully saturated rings. The summed E-state index contributed by atoms with van der Waals surface area (Å²) in [6.45, 7) is 4.88. The van der Waals surface area contributed by atoms with Crippen LogP contribution in [0.3, 0.4) is 0 Å². The van der Waals surface area contributed by atoms with Crippen LogP contribution in [0, 0.1) is 0 Å². The van der Waals surface area contributed by atoms with Gasteiger partial charge in [-0.25, -0.2) is 0 Å². The van der Waals surface area contributed by atoms with Crippen LogP contribution in [0.4, 0.5) is 5.69 Å². The number of aryl methyl sites for hydroxylation is 1. The van der Waals surface area contributed by atoms with Crippen molar-refractivity contribution in [2.75, 3.05) is 25.0 Å². The molecule has 5 nitrogen and oxygen atoms in total. The monoisotopic (exact) mass is 351 g/mol. The number of anilines is 1. The van der Waals surface area contributed by atoms with Crippen LogP contribution in [0.1, 0.15) is 48.5 Å². The van der Waals surface area contributed by atoms with E-state index in [1.165, 1.54) is 0 Å². The van der Waals surface area contributed by atoms with E-state index in [4.69, 9.17) is 0 Å². The zero-order valence-electron chi connectivity index (χ0n) is 14.1. The Bertz CT molecular complexity index is 600. The van der Waals surface area contributed by atoms with E-state index in [1.54, 1.807) is 0 Å². The van der Waals surface area contributed by atoms with E-state index in [0.717, 1.165) is 55.7 Å². The quantitative estimate of drug-likeness (QED) is 0.876. The Balaban J connectivity index is 0.00000208. The molecule has 2 N–H and O–H groups in total. The van der Waals surface area contributed by atoms with Crippen LogP contribution in [0.5, 0.6) is 0 Å². The number of nitrogens with one attached hydrogen (secondary N) is 2. The van der Waals surface area contributed by atoms with Gasteiger partial charge in [0.05, 0.1) is 0 Å². The van der Waals surface area contributed by atoms with Crippen molar-refractivity contribution < 1.29 is 9.59 Å². The predicted molar refractivity (Wildman–Crippen MR) is 97.9 cm³/mol. The molecule has 0 spiro atoms. The molecule has 1 aromatic carbocycles. The molecule has 1 saturated heterocycles. The Hall–Kier alpha value is -1.59. The van der Waals surface area contributed by atoms with Crippen LogP contribution in [-0.2, 0) is 11.2 Å². The number of hydrogen-bond acceptors (Lipinski definition) is 3. The summed E-state index contributed by atoms with van der Waals surface area (Å²) < 4.78 is 0. The maximum absolute atomic E-state index is 13.0. The third kappa shape index (κ3) is 4.08. The summed E-state index contributed by atoms with van der Waals surface area (Å²) in [5, 5.41) is 6.23. The molecule has 0 radical (unpaired) electrons. The molecular formula is C18H26ClN3O2. The van der Waals surface area contributed by atoms with Crippen LogP contribution in [0.2, 0.25) is 0 Å². The highest BCUT2D eigenvalue weighted by molar-refractivity contribution is 5.98. The van der Waals surface area contributed by atoms with Gasteiger partial charge in [0.25, 0.3) is 5.91 Å².